The summed E-state index contributed by atoms with van der Waals surface area (Å²) in [5.41, 5.74) is 8.25. The number of aromatic nitrogens is 1. The fourth-order valence-electron chi connectivity index (χ4n) is 4.20. The Morgan fingerprint density at radius 3 is 2.35 bits per heavy atom. The summed E-state index contributed by atoms with van der Waals surface area (Å²) < 4.78 is 30.6. The second kappa shape index (κ2) is 10.4. The van der Waals surface area contributed by atoms with E-state index < -0.39 is 5.82 Å². The molecule has 0 radical (unpaired) electrons. The molecule has 3 aromatic rings. The van der Waals surface area contributed by atoms with Crippen LogP contribution in [0, 0.1) is 11.2 Å². The first kappa shape index (κ1) is 23.4. The Bertz CT molecular complexity index is 1160. The zero-order valence-electron chi connectivity index (χ0n) is 19.4. The molecule has 1 heterocycles. The Morgan fingerprint density at radius 1 is 1.00 bits per heavy atom. The quantitative estimate of drug-likeness (QED) is 0.366. The van der Waals surface area contributed by atoms with Gasteiger partial charge in [-0.3, -0.25) is 5.41 Å². The van der Waals surface area contributed by atoms with Crippen molar-refractivity contribution in [3.8, 4) is 23.0 Å². The van der Waals surface area contributed by atoms with E-state index in [0.717, 1.165) is 12.8 Å². The Balaban J connectivity index is 1.60. The Morgan fingerprint density at radius 2 is 1.68 bits per heavy atom. The van der Waals surface area contributed by atoms with Crippen molar-refractivity contribution in [2.75, 3.05) is 25.3 Å². The maximum Gasteiger partial charge on any atom is 0.207 e. The van der Waals surface area contributed by atoms with Gasteiger partial charge in [0.15, 0.2) is 17.2 Å². The lowest BCUT2D eigenvalue weighted by Gasteiger charge is -2.26. The Hall–Kier alpha value is -3.81. The van der Waals surface area contributed by atoms with Crippen molar-refractivity contribution < 1.29 is 18.6 Å². The minimum atomic E-state index is -0.574. The van der Waals surface area contributed by atoms with Crippen molar-refractivity contribution in [3.63, 3.8) is 0 Å². The molecule has 0 saturated heterocycles. The van der Waals surface area contributed by atoms with E-state index in [0.29, 0.717) is 34.4 Å². The van der Waals surface area contributed by atoms with E-state index in [1.54, 1.807) is 43.6 Å². The fourth-order valence-corrected chi connectivity index (χ4v) is 4.20. The van der Waals surface area contributed by atoms with Crippen molar-refractivity contribution in [1.82, 2.24) is 4.98 Å². The number of benzene rings is 2. The van der Waals surface area contributed by atoms with Crippen LogP contribution >= 0.6 is 0 Å². The second-order valence-corrected chi connectivity index (χ2v) is 8.21. The summed E-state index contributed by atoms with van der Waals surface area (Å²) in [6.07, 6.45) is 7.28. The van der Waals surface area contributed by atoms with E-state index >= 15 is 0 Å². The van der Waals surface area contributed by atoms with Crippen LogP contribution < -0.4 is 25.3 Å². The molecule has 0 aliphatic heterocycles. The maximum atomic E-state index is 14.4. The molecule has 7 nitrogen and oxygen atoms in total. The van der Waals surface area contributed by atoms with E-state index in [2.05, 4.69) is 10.3 Å². The highest BCUT2D eigenvalue weighted by Crippen LogP contribution is 2.36. The van der Waals surface area contributed by atoms with Crippen molar-refractivity contribution in [1.29, 1.82) is 5.41 Å². The average molecular weight is 465 g/mol. The molecule has 4 N–H and O–H groups in total. The largest absolute Gasteiger partial charge is 0.494 e. The zero-order valence-corrected chi connectivity index (χ0v) is 19.4. The molecule has 0 bridgehead atoms. The average Bonchev–Trinajstić information content (AvgIpc) is 2.86. The number of nitrogen functional groups attached to an aromatic ring is 1. The van der Waals surface area contributed by atoms with Gasteiger partial charge in [-0.1, -0.05) is 25.3 Å². The van der Waals surface area contributed by atoms with E-state index in [1.165, 1.54) is 38.5 Å². The molecule has 8 heteroatoms. The number of rotatable bonds is 8. The number of hydrogen-bond donors (Lipinski definition) is 3. The number of pyridine rings is 1. The monoisotopic (exact) mass is 464 g/mol. The van der Waals surface area contributed by atoms with Gasteiger partial charge in [0.1, 0.15) is 11.6 Å². The molecule has 4 rings (SSSR count). The molecule has 0 spiro atoms. The van der Waals surface area contributed by atoms with Crippen LogP contribution in [0.4, 0.5) is 15.9 Å². The molecule has 1 fully saturated rings. The molecule has 1 aliphatic rings. The summed E-state index contributed by atoms with van der Waals surface area (Å²) in [6.45, 7) is 0. The molecule has 178 valence electrons. The van der Waals surface area contributed by atoms with Gasteiger partial charge in [0, 0.05) is 11.6 Å². The lowest BCUT2D eigenvalue weighted by molar-refractivity contribution is 0.368. The number of ether oxygens (including phenoxy) is 3. The number of anilines is 2. The van der Waals surface area contributed by atoms with E-state index in [4.69, 9.17) is 25.4 Å². The van der Waals surface area contributed by atoms with Crippen LogP contribution in [0.2, 0.25) is 0 Å². The maximum absolute atomic E-state index is 14.4. The Labute approximate surface area is 198 Å². The van der Waals surface area contributed by atoms with Gasteiger partial charge in [-0.2, -0.15) is 4.39 Å². The minimum absolute atomic E-state index is 0.0578. The van der Waals surface area contributed by atoms with Crippen LogP contribution in [-0.4, -0.2) is 31.0 Å². The molecule has 1 aliphatic carbocycles. The first-order valence-corrected chi connectivity index (χ1v) is 11.3. The molecule has 34 heavy (non-hydrogen) atoms. The molecule has 2 aromatic carbocycles. The second-order valence-electron chi connectivity index (χ2n) is 8.21. The van der Waals surface area contributed by atoms with Crippen molar-refractivity contribution in [3.05, 3.63) is 65.6 Å². The summed E-state index contributed by atoms with van der Waals surface area (Å²) in [5.74, 6) is 0.824. The number of nitrogens with zero attached hydrogens (tertiary/aromatic N) is 1. The third kappa shape index (κ3) is 4.90. The molecule has 0 amide bonds. The van der Waals surface area contributed by atoms with E-state index in [1.807, 2.05) is 0 Å². The zero-order chi connectivity index (χ0) is 24.1. The predicted molar refractivity (Wildman–Crippen MR) is 131 cm³/mol. The van der Waals surface area contributed by atoms with Gasteiger partial charge in [0.25, 0.3) is 0 Å². The van der Waals surface area contributed by atoms with E-state index in [-0.39, 0.29) is 23.0 Å². The lowest BCUT2D eigenvalue weighted by Crippen LogP contribution is -2.24. The summed E-state index contributed by atoms with van der Waals surface area (Å²) in [7, 11) is 2.98. The van der Waals surface area contributed by atoms with Gasteiger partial charge < -0.3 is 25.3 Å². The van der Waals surface area contributed by atoms with Gasteiger partial charge in [-0.05, 0) is 49.2 Å². The topological polar surface area (TPSA) is 102 Å². The SMILES string of the molecule is COc1cccc(Oc2ccc(C(=N)c3c(N)ncc(OC)c3NC3CCCCC3)cc2)c1F. The Kier molecular flexibility index (Phi) is 7.15. The van der Waals surface area contributed by atoms with E-state index in [9.17, 15) is 4.39 Å². The highest BCUT2D eigenvalue weighted by Gasteiger charge is 2.23. The highest BCUT2D eigenvalue weighted by molar-refractivity contribution is 6.17. The van der Waals surface area contributed by atoms with Crippen LogP contribution in [-0.2, 0) is 0 Å². The standard InChI is InChI=1S/C26H29FN4O3/c1-32-19-9-6-10-20(23(19)27)34-18-13-11-16(12-14-18)24(28)22-25(21(33-2)15-30-26(22)29)31-17-7-4-3-5-8-17/h6,9-15,17,28H,3-5,7-8H2,1-2H3,(H3,29,30,31). The number of methoxy groups -OCH3 is 2. The van der Waals surface area contributed by atoms with Crippen LogP contribution in [0.3, 0.4) is 0 Å². The molecule has 1 aromatic heterocycles. The first-order chi connectivity index (χ1) is 16.5. The van der Waals surface area contributed by atoms with Crippen molar-refractivity contribution in [2.24, 2.45) is 0 Å². The highest BCUT2D eigenvalue weighted by atomic mass is 19.1. The van der Waals surface area contributed by atoms with Crippen LogP contribution in [0.15, 0.2) is 48.7 Å². The van der Waals surface area contributed by atoms with Gasteiger partial charge >= 0.3 is 0 Å². The third-order valence-corrected chi connectivity index (χ3v) is 6.02. The van der Waals surface area contributed by atoms with Crippen LogP contribution in [0.1, 0.15) is 43.2 Å². The summed E-state index contributed by atoms with van der Waals surface area (Å²) in [6, 6.07) is 11.8. The van der Waals surface area contributed by atoms with Gasteiger partial charge in [0.05, 0.1) is 37.4 Å². The molecule has 0 atom stereocenters. The normalized spacial score (nSPS) is 13.9. The minimum Gasteiger partial charge on any atom is -0.494 e. The lowest BCUT2D eigenvalue weighted by atomic mass is 9.94. The van der Waals surface area contributed by atoms with Crippen molar-refractivity contribution in [2.45, 2.75) is 38.1 Å². The van der Waals surface area contributed by atoms with Gasteiger partial charge in [-0.25, -0.2) is 4.98 Å². The van der Waals surface area contributed by atoms with Crippen LogP contribution in [0.5, 0.6) is 23.0 Å². The smallest absolute Gasteiger partial charge is 0.207 e. The summed E-state index contributed by atoms with van der Waals surface area (Å²) in [5, 5.41) is 12.4. The fraction of sp³-hybridized carbons (Fsp3) is 0.308. The first-order valence-electron chi connectivity index (χ1n) is 11.3. The third-order valence-electron chi connectivity index (χ3n) is 6.02. The van der Waals surface area contributed by atoms with Crippen LogP contribution in [0.25, 0.3) is 0 Å². The predicted octanol–water partition coefficient (Wildman–Crippen LogP) is 5.77. The number of nitrogens with one attached hydrogen (secondary N) is 2. The van der Waals surface area contributed by atoms with Gasteiger partial charge in [-0.15, -0.1) is 0 Å². The number of hydrogen-bond acceptors (Lipinski definition) is 7. The molecular weight excluding hydrogens is 435 g/mol. The molecule has 1 saturated carbocycles. The molecular formula is C26H29FN4O3. The number of nitrogens with two attached hydrogens (primary N) is 1. The van der Waals surface area contributed by atoms with Crippen molar-refractivity contribution >= 4 is 17.2 Å². The number of halogens is 1. The summed E-state index contributed by atoms with van der Waals surface area (Å²) >= 11 is 0. The molecule has 0 unspecified atom stereocenters. The van der Waals surface area contributed by atoms with Gasteiger partial charge in [0.2, 0.25) is 5.82 Å². The summed E-state index contributed by atoms with van der Waals surface area (Å²) in [4.78, 5) is 4.24.